The summed E-state index contributed by atoms with van der Waals surface area (Å²) in [5, 5.41) is 9.30. The maximum absolute atomic E-state index is 13.0. The fraction of sp³-hybridized carbons (Fsp3) is 0.478. The molecule has 0 unspecified atom stereocenters. The molecule has 1 aromatic heterocycles. The normalized spacial score (nSPS) is 17.8. The van der Waals surface area contributed by atoms with Crippen LogP contribution in [0.3, 0.4) is 0 Å². The molecule has 1 spiro atoms. The van der Waals surface area contributed by atoms with E-state index in [0.29, 0.717) is 24.2 Å². The van der Waals surface area contributed by atoms with Crippen LogP contribution in [-0.4, -0.2) is 33.9 Å². The second-order valence-electron chi connectivity index (χ2n) is 9.22. The van der Waals surface area contributed by atoms with Crippen molar-refractivity contribution in [2.75, 3.05) is 13.1 Å². The second kappa shape index (κ2) is 6.84. The van der Waals surface area contributed by atoms with Gasteiger partial charge in [0.2, 0.25) is 0 Å². The molecule has 0 bridgehead atoms. The number of hydrogen-bond acceptors (Lipinski definition) is 4. The molecule has 6 heteroatoms. The summed E-state index contributed by atoms with van der Waals surface area (Å²) in [5.74, 6) is 0.633. The van der Waals surface area contributed by atoms with E-state index in [-0.39, 0.29) is 22.3 Å². The third-order valence-electron chi connectivity index (χ3n) is 6.37. The first kappa shape index (κ1) is 19.4. The number of nitrogens with zero attached hydrogens (tertiary/aromatic N) is 3. The van der Waals surface area contributed by atoms with Gasteiger partial charge in [-0.3, -0.25) is 9.59 Å². The average molecular weight is 390 g/mol. The third-order valence-corrected chi connectivity index (χ3v) is 6.37. The van der Waals surface area contributed by atoms with Gasteiger partial charge in [0.25, 0.3) is 11.5 Å². The van der Waals surface area contributed by atoms with E-state index in [1.165, 1.54) is 0 Å². The maximum Gasteiger partial charge on any atom is 0.255 e. The molecule has 0 radical (unpaired) electrons. The number of benzene rings is 1. The summed E-state index contributed by atoms with van der Waals surface area (Å²) in [6.45, 7) is 7.36. The quantitative estimate of drug-likeness (QED) is 0.810. The van der Waals surface area contributed by atoms with Gasteiger partial charge in [0.1, 0.15) is 5.82 Å². The van der Waals surface area contributed by atoms with Crippen molar-refractivity contribution in [1.29, 1.82) is 5.26 Å². The van der Waals surface area contributed by atoms with Gasteiger partial charge in [-0.25, -0.2) is 4.98 Å². The third kappa shape index (κ3) is 3.25. The van der Waals surface area contributed by atoms with Crippen LogP contribution in [0.15, 0.2) is 29.1 Å². The summed E-state index contributed by atoms with van der Waals surface area (Å²) in [5.41, 5.74) is 2.25. The monoisotopic (exact) mass is 390 g/mol. The number of nitrogens with one attached hydrogen (secondary N) is 1. The molecule has 6 nitrogen and oxygen atoms in total. The Morgan fingerprint density at radius 3 is 2.55 bits per heavy atom. The van der Waals surface area contributed by atoms with Crippen LogP contribution in [0.2, 0.25) is 0 Å². The number of carbonyl (C=O) groups excluding carboxylic acids is 1. The number of piperidine rings is 1. The van der Waals surface area contributed by atoms with Crippen molar-refractivity contribution in [3.05, 3.63) is 62.8 Å². The van der Waals surface area contributed by atoms with E-state index in [2.05, 4.69) is 11.1 Å². The minimum absolute atomic E-state index is 0.0155. The molecule has 0 atom stereocenters. The van der Waals surface area contributed by atoms with Crippen molar-refractivity contribution in [3.8, 4) is 6.07 Å². The van der Waals surface area contributed by atoms with Crippen LogP contribution in [-0.2, 0) is 17.3 Å². The van der Waals surface area contributed by atoms with Crippen molar-refractivity contribution in [2.24, 2.45) is 0 Å². The predicted octanol–water partition coefficient (Wildman–Crippen LogP) is 3.06. The SMILES string of the molecule is CC(C)(C)c1nc2c(c(=O)[nH]1)CCC21CCN(C(=O)c2ccccc2C#N)CC1. The predicted molar refractivity (Wildman–Crippen MR) is 110 cm³/mol. The van der Waals surface area contributed by atoms with Crippen molar-refractivity contribution in [3.63, 3.8) is 0 Å². The van der Waals surface area contributed by atoms with Gasteiger partial charge in [-0.15, -0.1) is 0 Å². The highest BCUT2D eigenvalue weighted by Crippen LogP contribution is 2.44. The lowest BCUT2D eigenvalue weighted by Crippen LogP contribution is -2.45. The largest absolute Gasteiger partial charge is 0.339 e. The number of rotatable bonds is 1. The summed E-state index contributed by atoms with van der Waals surface area (Å²) < 4.78 is 0. The highest BCUT2D eigenvalue weighted by molar-refractivity contribution is 5.96. The van der Waals surface area contributed by atoms with Gasteiger partial charge in [0, 0.05) is 29.5 Å². The molecule has 1 aliphatic heterocycles. The Bertz CT molecular complexity index is 1060. The van der Waals surface area contributed by atoms with E-state index in [4.69, 9.17) is 4.98 Å². The van der Waals surface area contributed by atoms with E-state index in [1.54, 1.807) is 24.3 Å². The van der Waals surface area contributed by atoms with Crippen molar-refractivity contribution < 1.29 is 4.79 Å². The zero-order valence-corrected chi connectivity index (χ0v) is 17.2. The molecule has 1 N–H and O–H groups in total. The molecule has 150 valence electrons. The minimum Gasteiger partial charge on any atom is -0.339 e. The Hall–Kier alpha value is -2.94. The topological polar surface area (TPSA) is 89.8 Å². The molecule has 1 aliphatic carbocycles. The van der Waals surface area contributed by atoms with Gasteiger partial charge >= 0.3 is 0 Å². The van der Waals surface area contributed by atoms with E-state index in [1.807, 2.05) is 25.7 Å². The van der Waals surface area contributed by atoms with E-state index >= 15 is 0 Å². The van der Waals surface area contributed by atoms with Crippen molar-refractivity contribution in [2.45, 2.75) is 57.3 Å². The van der Waals surface area contributed by atoms with E-state index < -0.39 is 0 Å². The molecule has 2 heterocycles. The Kier molecular flexibility index (Phi) is 4.57. The zero-order valence-electron chi connectivity index (χ0n) is 17.2. The highest BCUT2D eigenvalue weighted by Gasteiger charge is 2.45. The summed E-state index contributed by atoms with van der Waals surface area (Å²) in [6, 6.07) is 9.06. The molecular formula is C23H26N4O2. The summed E-state index contributed by atoms with van der Waals surface area (Å²) >= 11 is 0. The number of nitriles is 1. The number of hydrogen-bond donors (Lipinski definition) is 1. The molecule has 1 aromatic carbocycles. The lowest BCUT2D eigenvalue weighted by Gasteiger charge is -2.39. The van der Waals surface area contributed by atoms with Gasteiger partial charge < -0.3 is 9.88 Å². The van der Waals surface area contributed by atoms with Gasteiger partial charge in [-0.1, -0.05) is 32.9 Å². The Morgan fingerprint density at radius 2 is 1.90 bits per heavy atom. The Labute approximate surface area is 170 Å². The number of carbonyl (C=O) groups is 1. The molecule has 1 fully saturated rings. The van der Waals surface area contributed by atoms with E-state index in [9.17, 15) is 14.9 Å². The van der Waals surface area contributed by atoms with Crippen molar-refractivity contribution >= 4 is 5.91 Å². The minimum atomic E-state index is -0.227. The summed E-state index contributed by atoms with van der Waals surface area (Å²) in [4.78, 5) is 35.3. The Balaban J connectivity index is 1.60. The van der Waals surface area contributed by atoms with E-state index in [0.717, 1.165) is 42.8 Å². The lowest BCUT2D eigenvalue weighted by atomic mass is 9.76. The smallest absolute Gasteiger partial charge is 0.255 e. The van der Waals surface area contributed by atoms with Crippen LogP contribution in [0.25, 0.3) is 0 Å². The van der Waals surface area contributed by atoms with Crippen LogP contribution < -0.4 is 5.56 Å². The molecular weight excluding hydrogens is 364 g/mol. The van der Waals surface area contributed by atoms with Crippen LogP contribution >= 0.6 is 0 Å². The molecule has 1 saturated heterocycles. The molecule has 4 rings (SSSR count). The number of H-pyrrole nitrogens is 1. The second-order valence-corrected chi connectivity index (χ2v) is 9.22. The van der Waals surface area contributed by atoms with Gasteiger partial charge in [-0.2, -0.15) is 5.26 Å². The highest BCUT2D eigenvalue weighted by atomic mass is 16.2. The Morgan fingerprint density at radius 1 is 1.21 bits per heavy atom. The number of likely N-dealkylation sites (tertiary alicyclic amines) is 1. The number of aromatic nitrogens is 2. The summed E-state index contributed by atoms with van der Waals surface area (Å²) in [7, 11) is 0. The molecule has 29 heavy (non-hydrogen) atoms. The first-order valence-corrected chi connectivity index (χ1v) is 10.2. The standard InChI is InChI=1S/C23H26N4O2/c1-22(2,3)21-25-18-17(19(28)26-21)8-9-23(18)10-12-27(13-11-23)20(29)16-7-5-4-6-15(16)14-24/h4-7H,8-13H2,1-3H3,(H,25,26,28). The number of aromatic amines is 1. The van der Waals surface area contributed by atoms with Crippen LogP contribution in [0.1, 0.15) is 73.0 Å². The maximum atomic E-state index is 13.0. The zero-order chi connectivity index (χ0) is 20.8. The number of fused-ring (bicyclic) bond motifs is 2. The molecule has 2 aliphatic rings. The molecule has 1 amide bonds. The fourth-order valence-corrected chi connectivity index (χ4v) is 4.57. The van der Waals surface area contributed by atoms with Crippen LogP contribution in [0, 0.1) is 11.3 Å². The molecule has 2 aromatic rings. The van der Waals surface area contributed by atoms with Crippen LogP contribution in [0.4, 0.5) is 0 Å². The van der Waals surface area contributed by atoms with Crippen LogP contribution in [0.5, 0.6) is 0 Å². The first-order valence-electron chi connectivity index (χ1n) is 10.2. The molecule has 0 saturated carbocycles. The van der Waals surface area contributed by atoms with Gasteiger partial charge in [0.15, 0.2) is 0 Å². The van der Waals surface area contributed by atoms with Gasteiger partial charge in [-0.05, 0) is 37.8 Å². The van der Waals surface area contributed by atoms with Gasteiger partial charge in [0.05, 0.1) is 22.9 Å². The number of amides is 1. The first-order chi connectivity index (χ1) is 13.7. The lowest BCUT2D eigenvalue weighted by molar-refractivity contribution is 0.0663. The van der Waals surface area contributed by atoms with Crippen molar-refractivity contribution in [1.82, 2.24) is 14.9 Å². The average Bonchev–Trinajstić information content (AvgIpc) is 3.06. The summed E-state index contributed by atoms with van der Waals surface area (Å²) in [6.07, 6.45) is 3.23. The fourth-order valence-electron chi connectivity index (χ4n) is 4.57.